The van der Waals surface area contributed by atoms with Gasteiger partial charge in [-0.1, -0.05) is 15.9 Å². The highest BCUT2D eigenvalue weighted by Gasteiger charge is 2.05. The van der Waals surface area contributed by atoms with Crippen molar-refractivity contribution in [2.24, 2.45) is 0 Å². The summed E-state index contributed by atoms with van der Waals surface area (Å²) in [6.07, 6.45) is 0. The van der Waals surface area contributed by atoms with Gasteiger partial charge in [-0.2, -0.15) is 15.0 Å². The second kappa shape index (κ2) is 5.16. The fourth-order valence-corrected chi connectivity index (χ4v) is 2.45. The molecule has 0 saturated heterocycles. The van der Waals surface area contributed by atoms with E-state index in [0.29, 0.717) is 5.95 Å². The highest BCUT2D eigenvalue weighted by atomic mass is 79.9. The number of hydrogen-bond acceptors (Lipinski definition) is 5. The van der Waals surface area contributed by atoms with Crippen LogP contribution in [0.1, 0.15) is 0 Å². The molecule has 0 saturated carbocycles. The Morgan fingerprint density at radius 2 is 1.94 bits per heavy atom. The van der Waals surface area contributed by atoms with Crippen LogP contribution in [0.4, 0.5) is 17.6 Å². The first-order valence-corrected chi connectivity index (χ1v) is 6.40. The molecule has 2 rings (SSSR count). The Kier molecular flexibility index (Phi) is 3.80. The maximum Gasteiger partial charge on any atom is 0.233 e. The van der Waals surface area contributed by atoms with E-state index in [2.05, 4.69) is 52.1 Å². The molecule has 0 unspecified atom stereocenters. The Hall–Kier alpha value is -0.920. The van der Waals surface area contributed by atoms with Crippen LogP contribution < -0.4 is 11.1 Å². The van der Waals surface area contributed by atoms with Crippen molar-refractivity contribution in [3.63, 3.8) is 0 Å². The van der Waals surface area contributed by atoms with Crippen molar-refractivity contribution < 1.29 is 0 Å². The monoisotopic (exact) mass is 377 g/mol. The lowest BCUT2D eigenvalue weighted by Crippen LogP contribution is -2.03. The summed E-state index contributed by atoms with van der Waals surface area (Å²) in [5, 5.41) is 3.04. The molecule has 17 heavy (non-hydrogen) atoms. The number of nitrogen functional groups attached to an aromatic ring is 1. The molecule has 1 heterocycles. The SMILES string of the molecule is Nc1nc(Cl)nc(Nc2ccc(Br)cc2Br)n1. The molecular weight excluding hydrogens is 373 g/mol. The molecule has 3 N–H and O–H groups in total. The fraction of sp³-hybridized carbons (Fsp3) is 0. The second-order valence-electron chi connectivity index (χ2n) is 3.04. The first-order chi connectivity index (χ1) is 8.04. The summed E-state index contributed by atoms with van der Waals surface area (Å²) in [5.74, 6) is 0.367. The van der Waals surface area contributed by atoms with Gasteiger partial charge in [0.25, 0.3) is 0 Å². The molecule has 1 aromatic heterocycles. The molecule has 5 nitrogen and oxygen atoms in total. The van der Waals surface area contributed by atoms with Crippen LogP contribution in [-0.2, 0) is 0 Å². The van der Waals surface area contributed by atoms with E-state index >= 15 is 0 Å². The third-order valence-corrected chi connectivity index (χ3v) is 3.12. The summed E-state index contributed by atoms with van der Waals surface area (Å²) in [6.45, 7) is 0. The predicted octanol–water partition coefficient (Wildman–Crippen LogP) is 3.38. The molecule has 1 aromatic carbocycles. The number of benzene rings is 1. The third kappa shape index (κ3) is 3.27. The summed E-state index contributed by atoms with van der Waals surface area (Å²) >= 11 is 12.5. The van der Waals surface area contributed by atoms with Crippen molar-refractivity contribution in [3.8, 4) is 0 Å². The van der Waals surface area contributed by atoms with Gasteiger partial charge in [0.1, 0.15) is 0 Å². The van der Waals surface area contributed by atoms with Crippen LogP contribution in [-0.4, -0.2) is 15.0 Å². The maximum atomic E-state index is 5.68. The molecule has 0 fully saturated rings. The molecule has 0 spiro atoms. The number of aromatic nitrogens is 3. The van der Waals surface area contributed by atoms with Crippen LogP contribution in [0.25, 0.3) is 0 Å². The van der Waals surface area contributed by atoms with Gasteiger partial charge in [0.15, 0.2) is 0 Å². The molecule has 0 atom stereocenters. The number of nitrogens with zero attached hydrogens (tertiary/aromatic N) is 3. The van der Waals surface area contributed by atoms with E-state index in [0.717, 1.165) is 14.6 Å². The topological polar surface area (TPSA) is 76.7 Å². The average Bonchev–Trinajstić information content (AvgIpc) is 2.21. The van der Waals surface area contributed by atoms with E-state index in [9.17, 15) is 0 Å². The second-order valence-corrected chi connectivity index (χ2v) is 5.14. The van der Waals surface area contributed by atoms with Crippen molar-refractivity contribution in [1.82, 2.24) is 15.0 Å². The average molecular weight is 379 g/mol. The summed E-state index contributed by atoms with van der Waals surface area (Å²) in [4.78, 5) is 11.5. The Balaban J connectivity index is 2.31. The van der Waals surface area contributed by atoms with Crippen LogP contribution in [0.5, 0.6) is 0 Å². The first-order valence-electron chi connectivity index (χ1n) is 4.44. The lowest BCUT2D eigenvalue weighted by Gasteiger charge is -2.07. The molecule has 0 aliphatic heterocycles. The lowest BCUT2D eigenvalue weighted by atomic mass is 10.3. The zero-order valence-electron chi connectivity index (χ0n) is 8.28. The van der Waals surface area contributed by atoms with E-state index in [1.54, 1.807) is 0 Å². The largest absolute Gasteiger partial charge is 0.368 e. The standard InChI is InChI=1S/C9H6Br2ClN5/c10-4-1-2-6(5(11)3-4)14-9-16-7(12)15-8(13)17-9/h1-3H,(H3,13,14,15,16,17). The summed E-state index contributed by atoms with van der Waals surface area (Å²) in [5.41, 5.74) is 6.27. The fourth-order valence-electron chi connectivity index (χ4n) is 1.13. The lowest BCUT2D eigenvalue weighted by molar-refractivity contribution is 1.07. The molecule has 0 radical (unpaired) electrons. The van der Waals surface area contributed by atoms with Crippen molar-refractivity contribution >= 4 is 61.0 Å². The van der Waals surface area contributed by atoms with Gasteiger partial charge in [-0.3, -0.25) is 0 Å². The minimum absolute atomic E-state index is 0.0493. The van der Waals surface area contributed by atoms with Gasteiger partial charge in [0, 0.05) is 8.95 Å². The molecule has 0 bridgehead atoms. The first kappa shape index (κ1) is 12.5. The van der Waals surface area contributed by atoms with E-state index in [-0.39, 0.29) is 11.2 Å². The van der Waals surface area contributed by atoms with Crippen LogP contribution in [0, 0.1) is 0 Å². The Morgan fingerprint density at radius 1 is 1.18 bits per heavy atom. The highest BCUT2D eigenvalue weighted by molar-refractivity contribution is 9.11. The Morgan fingerprint density at radius 3 is 2.59 bits per heavy atom. The van der Waals surface area contributed by atoms with Gasteiger partial charge in [-0.25, -0.2) is 0 Å². The van der Waals surface area contributed by atoms with Crippen LogP contribution in [0.2, 0.25) is 5.28 Å². The van der Waals surface area contributed by atoms with Gasteiger partial charge in [0.2, 0.25) is 17.2 Å². The van der Waals surface area contributed by atoms with E-state index < -0.39 is 0 Å². The van der Waals surface area contributed by atoms with Gasteiger partial charge in [0.05, 0.1) is 5.69 Å². The molecule has 0 amide bonds. The molecule has 0 aliphatic carbocycles. The van der Waals surface area contributed by atoms with Gasteiger partial charge in [-0.15, -0.1) is 0 Å². The molecular formula is C9H6Br2ClN5. The number of hydrogen-bond donors (Lipinski definition) is 2. The molecule has 8 heteroatoms. The highest BCUT2D eigenvalue weighted by Crippen LogP contribution is 2.28. The number of nitrogens with one attached hydrogen (secondary N) is 1. The van der Waals surface area contributed by atoms with E-state index in [4.69, 9.17) is 17.3 Å². The van der Waals surface area contributed by atoms with E-state index in [1.807, 2.05) is 18.2 Å². The zero-order chi connectivity index (χ0) is 12.4. The molecule has 2 aromatic rings. The smallest absolute Gasteiger partial charge is 0.233 e. The predicted molar refractivity (Wildman–Crippen MR) is 74.4 cm³/mol. The van der Waals surface area contributed by atoms with Gasteiger partial charge < -0.3 is 11.1 Å². The number of anilines is 3. The minimum Gasteiger partial charge on any atom is -0.368 e. The van der Waals surface area contributed by atoms with Gasteiger partial charge in [-0.05, 0) is 45.7 Å². The molecule has 88 valence electrons. The summed E-state index contributed by atoms with van der Waals surface area (Å²) < 4.78 is 1.82. The third-order valence-electron chi connectivity index (χ3n) is 1.80. The maximum absolute atomic E-state index is 5.68. The van der Waals surface area contributed by atoms with Crippen LogP contribution in [0.3, 0.4) is 0 Å². The molecule has 0 aliphatic rings. The van der Waals surface area contributed by atoms with Crippen LogP contribution >= 0.6 is 43.5 Å². The summed E-state index contributed by atoms with van der Waals surface area (Å²) in [6, 6.07) is 5.65. The normalized spacial score (nSPS) is 10.3. The van der Waals surface area contributed by atoms with Crippen molar-refractivity contribution in [2.45, 2.75) is 0 Å². The Bertz CT molecular complexity index is 543. The zero-order valence-corrected chi connectivity index (χ0v) is 12.2. The number of nitrogens with two attached hydrogens (primary N) is 1. The number of rotatable bonds is 2. The van der Waals surface area contributed by atoms with Crippen LogP contribution in [0.15, 0.2) is 27.1 Å². The van der Waals surface area contributed by atoms with E-state index in [1.165, 1.54) is 0 Å². The quantitative estimate of drug-likeness (QED) is 0.837. The summed E-state index contributed by atoms with van der Waals surface area (Å²) in [7, 11) is 0. The Labute approximate surface area is 119 Å². The minimum atomic E-state index is 0.0493. The van der Waals surface area contributed by atoms with Crippen molar-refractivity contribution in [2.75, 3.05) is 11.1 Å². The number of halogens is 3. The van der Waals surface area contributed by atoms with Gasteiger partial charge >= 0.3 is 0 Å². The van der Waals surface area contributed by atoms with Crippen molar-refractivity contribution in [3.05, 3.63) is 32.4 Å². The van der Waals surface area contributed by atoms with Crippen molar-refractivity contribution in [1.29, 1.82) is 0 Å².